The number of pyridine rings is 1. The first kappa shape index (κ1) is 28.6. The first-order valence-electron chi connectivity index (χ1n) is 13.1. The fraction of sp³-hybridized carbons (Fsp3) is 0.129. The van der Waals surface area contributed by atoms with Crippen LogP contribution in [0.4, 0.5) is 5.69 Å². The van der Waals surface area contributed by atoms with E-state index in [1.54, 1.807) is 24.3 Å². The Morgan fingerprint density at radius 3 is 2.49 bits per heavy atom. The maximum Gasteiger partial charge on any atom is 0.307 e. The van der Waals surface area contributed by atoms with Crippen LogP contribution in [-0.4, -0.2) is 33.7 Å². The monoisotopic (exact) mass is 581 g/mol. The third kappa shape index (κ3) is 6.70. The van der Waals surface area contributed by atoms with Gasteiger partial charge >= 0.3 is 5.91 Å². The van der Waals surface area contributed by atoms with Crippen LogP contribution >= 0.6 is 0 Å². The highest BCUT2D eigenvalue weighted by molar-refractivity contribution is 5.93. The molecule has 0 aliphatic rings. The van der Waals surface area contributed by atoms with Crippen LogP contribution in [0.15, 0.2) is 94.6 Å². The number of carbonyl (C=O) groups is 1. The van der Waals surface area contributed by atoms with Crippen LogP contribution in [0.25, 0.3) is 5.69 Å². The Hall–Kier alpha value is -5.91. The third-order valence-electron chi connectivity index (χ3n) is 6.37. The molecule has 0 spiro atoms. The highest BCUT2D eigenvalue weighted by atomic mass is 16.6. The summed E-state index contributed by atoms with van der Waals surface area (Å²) in [7, 11) is 1.47. The van der Waals surface area contributed by atoms with E-state index in [1.807, 2.05) is 24.3 Å². The van der Waals surface area contributed by atoms with E-state index in [1.165, 1.54) is 31.5 Å². The molecule has 2 aromatic carbocycles. The van der Waals surface area contributed by atoms with Gasteiger partial charge in [-0.2, -0.15) is 5.10 Å². The Labute approximate surface area is 246 Å². The zero-order valence-corrected chi connectivity index (χ0v) is 23.5. The van der Waals surface area contributed by atoms with Gasteiger partial charge in [0, 0.05) is 34.8 Å². The number of nitrogens with one attached hydrogen (secondary N) is 1. The topological polar surface area (TPSA) is 143 Å². The molecular weight excluding hydrogens is 554 g/mol. The lowest BCUT2D eigenvalue weighted by Crippen LogP contribution is -2.16. The SMILES string of the molecule is COc1cccc(C=NNC(=O)c2ccc(COc3ccc(-n4c(C)ccc4C)cc3)o2)c1Oc1ccc([N+](=O)[O-])cn1. The van der Waals surface area contributed by atoms with E-state index in [0.29, 0.717) is 22.8 Å². The number of furan rings is 1. The molecule has 0 saturated heterocycles. The minimum atomic E-state index is -0.563. The number of nitro groups is 1. The van der Waals surface area contributed by atoms with Crippen molar-refractivity contribution >= 4 is 17.8 Å². The smallest absolute Gasteiger partial charge is 0.307 e. The van der Waals surface area contributed by atoms with Crippen molar-refractivity contribution in [3.05, 3.63) is 124 Å². The first-order chi connectivity index (χ1) is 20.8. The van der Waals surface area contributed by atoms with Gasteiger partial charge < -0.3 is 23.2 Å². The van der Waals surface area contributed by atoms with Gasteiger partial charge in [0.2, 0.25) is 5.88 Å². The Morgan fingerprint density at radius 1 is 1.05 bits per heavy atom. The number of nitrogens with zero attached hydrogens (tertiary/aromatic N) is 4. The molecular formula is C31H27N5O7. The number of hydrazone groups is 1. The predicted molar refractivity (Wildman–Crippen MR) is 157 cm³/mol. The van der Waals surface area contributed by atoms with Gasteiger partial charge in [0.25, 0.3) is 5.69 Å². The summed E-state index contributed by atoms with van der Waals surface area (Å²) >= 11 is 0. The van der Waals surface area contributed by atoms with Crippen LogP contribution in [0.1, 0.15) is 33.3 Å². The molecule has 3 heterocycles. The second-order valence-corrected chi connectivity index (χ2v) is 9.29. The molecule has 5 rings (SSSR count). The summed E-state index contributed by atoms with van der Waals surface area (Å²) in [5.74, 6) is 1.37. The van der Waals surface area contributed by atoms with Crippen molar-refractivity contribution in [2.45, 2.75) is 20.5 Å². The molecule has 43 heavy (non-hydrogen) atoms. The molecule has 12 heteroatoms. The molecule has 0 aliphatic heterocycles. The summed E-state index contributed by atoms with van der Waals surface area (Å²) in [5.41, 5.74) is 6.04. The van der Waals surface area contributed by atoms with Gasteiger partial charge in [0.15, 0.2) is 17.3 Å². The molecule has 3 aromatic heterocycles. The number of benzene rings is 2. The largest absolute Gasteiger partial charge is 0.493 e. The summed E-state index contributed by atoms with van der Waals surface area (Å²) in [4.78, 5) is 26.9. The maximum absolute atomic E-state index is 12.6. The van der Waals surface area contributed by atoms with Crippen LogP contribution < -0.4 is 19.6 Å². The zero-order chi connectivity index (χ0) is 30.3. The average Bonchev–Trinajstić information content (AvgIpc) is 3.63. The molecule has 0 saturated carbocycles. The Balaban J connectivity index is 1.19. The second kappa shape index (κ2) is 12.7. The van der Waals surface area contributed by atoms with Crippen molar-refractivity contribution in [3.8, 4) is 28.8 Å². The number of ether oxygens (including phenoxy) is 3. The Morgan fingerprint density at radius 2 is 1.81 bits per heavy atom. The molecule has 0 aliphatic carbocycles. The quantitative estimate of drug-likeness (QED) is 0.111. The molecule has 218 valence electrons. The minimum Gasteiger partial charge on any atom is -0.493 e. The number of carbonyl (C=O) groups excluding carboxylic acids is 1. The summed E-state index contributed by atoms with van der Waals surface area (Å²) < 4.78 is 24.8. The number of hydrogen-bond donors (Lipinski definition) is 1. The number of rotatable bonds is 11. The van der Waals surface area contributed by atoms with Crippen LogP contribution in [0, 0.1) is 24.0 Å². The fourth-order valence-corrected chi connectivity index (χ4v) is 4.26. The van der Waals surface area contributed by atoms with Gasteiger partial charge in [0.1, 0.15) is 24.3 Å². The minimum absolute atomic E-state index is 0.0573. The number of para-hydroxylation sites is 1. The fourth-order valence-electron chi connectivity index (χ4n) is 4.26. The van der Waals surface area contributed by atoms with E-state index >= 15 is 0 Å². The molecule has 1 amide bonds. The summed E-state index contributed by atoms with van der Waals surface area (Å²) in [6.07, 6.45) is 2.46. The van der Waals surface area contributed by atoms with Crippen molar-refractivity contribution in [3.63, 3.8) is 0 Å². The van der Waals surface area contributed by atoms with Crippen molar-refractivity contribution in [2.75, 3.05) is 7.11 Å². The van der Waals surface area contributed by atoms with Gasteiger partial charge in [-0.25, -0.2) is 10.4 Å². The number of methoxy groups -OCH3 is 1. The normalized spacial score (nSPS) is 11.0. The predicted octanol–water partition coefficient (Wildman–Crippen LogP) is 6.13. The highest BCUT2D eigenvalue weighted by Crippen LogP contribution is 2.34. The number of aromatic nitrogens is 2. The van der Waals surface area contributed by atoms with Crippen LogP contribution in [-0.2, 0) is 6.61 Å². The van der Waals surface area contributed by atoms with E-state index in [0.717, 1.165) is 23.3 Å². The van der Waals surface area contributed by atoms with Crippen LogP contribution in [0.2, 0.25) is 0 Å². The Bertz CT molecular complexity index is 1750. The molecule has 12 nitrogen and oxygen atoms in total. The van der Waals surface area contributed by atoms with Crippen molar-refractivity contribution in [1.29, 1.82) is 0 Å². The lowest BCUT2D eigenvalue weighted by Gasteiger charge is -2.12. The average molecular weight is 582 g/mol. The number of aryl methyl sites for hydroxylation is 2. The number of hydrogen-bond acceptors (Lipinski definition) is 9. The van der Waals surface area contributed by atoms with Crippen LogP contribution in [0.5, 0.6) is 23.1 Å². The highest BCUT2D eigenvalue weighted by Gasteiger charge is 2.15. The number of amides is 1. The first-order valence-corrected chi connectivity index (χ1v) is 13.1. The van der Waals surface area contributed by atoms with Crippen LogP contribution in [0.3, 0.4) is 0 Å². The van der Waals surface area contributed by atoms with Crippen molar-refractivity contribution < 1.29 is 28.3 Å². The van der Waals surface area contributed by atoms with Gasteiger partial charge in [-0.05, 0) is 74.5 Å². The standard InChI is InChI=1S/C31H27N5O7/c1-20-7-8-21(2)35(20)23-9-12-25(13-10-23)41-19-26-14-15-28(42-26)31(37)34-33-17-22-5-4-6-27(40-3)30(22)43-29-16-11-24(18-32-29)36(38)39/h4-18H,19H2,1-3H3,(H,34,37). The third-order valence-corrected chi connectivity index (χ3v) is 6.37. The second-order valence-electron chi connectivity index (χ2n) is 9.29. The van der Waals surface area contributed by atoms with Gasteiger partial charge in [-0.15, -0.1) is 0 Å². The molecule has 0 atom stereocenters. The van der Waals surface area contributed by atoms with E-state index in [2.05, 4.69) is 46.1 Å². The molecule has 1 N–H and O–H groups in total. The van der Waals surface area contributed by atoms with Gasteiger partial charge in [-0.1, -0.05) is 6.07 Å². The molecule has 0 radical (unpaired) electrons. The Kier molecular flexibility index (Phi) is 8.47. The summed E-state index contributed by atoms with van der Waals surface area (Å²) in [6, 6.07) is 22.8. The molecule has 5 aromatic rings. The van der Waals surface area contributed by atoms with Gasteiger partial charge in [-0.3, -0.25) is 14.9 Å². The van der Waals surface area contributed by atoms with E-state index in [-0.39, 0.29) is 29.7 Å². The lowest BCUT2D eigenvalue weighted by atomic mass is 10.2. The molecule has 0 unspecified atom stereocenters. The van der Waals surface area contributed by atoms with Crippen molar-refractivity contribution in [1.82, 2.24) is 15.0 Å². The van der Waals surface area contributed by atoms with Crippen molar-refractivity contribution in [2.24, 2.45) is 5.10 Å². The lowest BCUT2D eigenvalue weighted by molar-refractivity contribution is -0.385. The van der Waals surface area contributed by atoms with Gasteiger partial charge in [0.05, 0.1) is 18.2 Å². The summed E-state index contributed by atoms with van der Waals surface area (Å²) in [6.45, 7) is 4.25. The van der Waals surface area contributed by atoms with E-state index < -0.39 is 10.8 Å². The maximum atomic E-state index is 12.6. The molecule has 0 fully saturated rings. The zero-order valence-electron chi connectivity index (χ0n) is 23.5. The summed E-state index contributed by atoms with van der Waals surface area (Å²) in [5, 5.41) is 14.9. The van der Waals surface area contributed by atoms with E-state index in [9.17, 15) is 14.9 Å². The van der Waals surface area contributed by atoms with E-state index in [4.69, 9.17) is 18.6 Å². The molecule has 0 bridgehead atoms.